The maximum Gasteiger partial charge on any atom is 0.361 e. The molecule has 79 heavy (non-hydrogen) atoms. The molecule has 0 atom stereocenters. The number of hydrogen-bond donors (Lipinski definition) is 0. The van der Waals surface area contributed by atoms with Gasteiger partial charge >= 0.3 is 40.4 Å². The normalized spacial score (nSPS) is 11.8. The quantitative estimate of drug-likeness (QED) is 0.0628. The zero-order valence-corrected chi connectivity index (χ0v) is 42.0. The standard InChI is InChI=1S/C60H39NO18/c1-69-44-27-36-45(25-33(44)28-73-54(62)37-21-29-11-5-8-14-40(29)74-55(37)63)78-60(68)51-49(36)48(32-17-18-43(46(24-32)70-2)77-58(66)38-22-30-12-6-9-15-41(30)75-56(38)64)50-35-26-47(71-3)53(72-4)52(34(35)19-20-61(50)51)79-59(67)39-23-31-13-7-10-16-42(31)76-57(39)65/h5-18,21-27H,19-20,28H2,1-4H3. The molecular weight excluding hydrogens is 1020 g/mol. The van der Waals surface area contributed by atoms with Crippen molar-refractivity contribution in [3.63, 3.8) is 0 Å². The number of esters is 3. The number of fused-ring (bicyclic) bond motifs is 10. The molecule has 0 N–H and O–H groups in total. The lowest BCUT2D eigenvalue weighted by Crippen LogP contribution is -2.21. The van der Waals surface area contributed by atoms with E-state index in [0.717, 1.165) is 0 Å². The largest absolute Gasteiger partial charge is 0.496 e. The molecule has 5 aromatic heterocycles. The van der Waals surface area contributed by atoms with Gasteiger partial charge in [-0.05, 0) is 78.7 Å². The van der Waals surface area contributed by atoms with Crippen LogP contribution in [0.25, 0.3) is 77.2 Å². The number of hydrogen-bond acceptors (Lipinski definition) is 18. The molecule has 0 radical (unpaired) electrons. The van der Waals surface area contributed by atoms with Crippen molar-refractivity contribution in [3.8, 4) is 56.9 Å². The predicted molar refractivity (Wildman–Crippen MR) is 285 cm³/mol. The number of carbonyl (C=O) groups is 3. The summed E-state index contributed by atoms with van der Waals surface area (Å²) in [7, 11) is 5.51. The van der Waals surface area contributed by atoms with Gasteiger partial charge < -0.3 is 55.4 Å². The Balaban J connectivity index is 1.03. The van der Waals surface area contributed by atoms with Crippen LogP contribution in [0.5, 0.6) is 34.5 Å². The van der Waals surface area contributed by atoms with Gasteiger partial charge in [-0.1, -0.05) is 60.7 Å². The van der Waals surface area contributed by atoms with Gasteiger partial charge in [-0.15, -0.1) is 0 Å². The van der Waals surface area contributed by atoms with Crippen molar-refractivity contribution >= 4 is 72.7 Å². The number of benzene rings is 6. The lowest BCUT2D eigenvalue weighted by molar-refractivity contribution is 0.0465. The SMILES string of the molecule is COc1cc2c(cc1COC(=O)c1cc3ccccc3oc1=O)oc(=O)c1c2c(-c2ccc(OC(=O)c3cc4ccccc4oc3=O)c(OC)c2)c2n1CCc1c-2cc(OC)c(OC)c1OC(=O)c1cc2ccccc2oc1=O. The Kier molecular flexibility index (Phi) is 12.1. The van der Waals surface area contributed by atoms with Crippen LogP contribution in [0.2, 0.25) is 0 Å². The Hall–Kier alpha value is -10.7. The number of para-hydroxylation sites is 3. The van der Waals surface area contributed by atoms with Crippen LogP contribution in [0.1, 0.15) is 42.2 Å². The Labute approximate surface area is 442 Å². The topological polar surface area (TPSA) is 242 Å². The molecule has 0 amide bonds. The van der Waals surface area contributed by atoms with E-state index in [1.54, 1.807) is 102 Å². The summed E-state index contributed by atoms with van der Waals surface area (Å²) in [6.45, 7) is -0.344. The van der Waals surface area contributed by atoms with E-state index in [0.29, 0.717) is 54.9 Å². The molecule has 6 aromatic carbocycles. The Morgan fingerprint density at radius 3 is 1.62 bits per heavy atom. The summed E-state index contributed by atoms with van der Waals surface area (Å²) >= 11 is 0. The molecule has 11 aromatic rings. The fourth-order valence-electron chi connectivity index (χ4n) is 10.0. The minimum atomic E-state index is -1.04. The van der Waals surface area contributed by atoms with Crippen molar-refractivity contribution in [2.75, 3.05) is 28.4 Å². The third-order valence-electron chi connectivity index (χ3n) is 13.7. The van der Waals surface area contributed by atoms with Gasteiger partial charge in [-0.3, -0.25) is 0 Å². The van der Waals surface area contributed by atoms with E-state index in [9.17, 15) is 33.6 Å². The molecule has 12 rings (SSSR count). The van der Waals surface area contributed by atoms with Crippen LogP contribution >= 0.6 is 0 Å². The van der Waals surface area contributed by atoms with E-state index < -0.39 is 47.0 Å². The Bertz CT molecular complexity index is 4670. The maximum atomic E-state index is 14.7. The van der Waals surface area contributed by atoms with Gasteiger partial charge in [0.1, 0.15) is 56.9 Å². The van der Waals surface area contributed by atoms with Crippen molar-refractivity contribution in [1.82, 2.24) is 4.57 Å². The second-order valence-electron chi connectivity index (χ2n) is 18.0. The third kappa shape index (κ3) is 8.36. The lowest BCUT2D eigenvalue weighted by Gasteiger charge is -2.26. The summed E-state index contributed by atoms with van der Waals surface area (Å²) in [5, 5.41) is 2.16. The van der Waals surface area contributed by atoms with Crippen molar-refractivity contribution in [1.29, 1.82) is 0 Å². The fraction of sp³-hybridized carbons (Fsp3) is 0.117. The summed E-state index contributed by atoms with van der Waals surface area (Å²) in [6.07, 6.45) is 0.127. The zero-order valence-electron chi connectivity index (χ0n) is 42.0. The number of aryl methyl sites for hydroxylation is 1. The Morgan fingerprint density at radius 2 is 1.05 bits per heavy atom. The van der Waals surface area contributed by atoms with Crippen LogP contribution in [0, 0.1) is 0 Å². The molecule has 0 saturated carbocycles. The van der Waals surface area contributed by atoms with Gasteiger partial charge in [-0.25, -0.2) is 33.6 Å². The van der Waals surface area contributed by atoms with E-state index in [1.807, 2.05) is 0 Å². The van der Waals surface area contributed by atoms with Crippen LogP contribution in [0.4, 0.5) is 0 Å². The van der Waals surface area contributed by atoms with Gasteiger partial charge in [0.2, 0.25) is 5.75 Å². The molecule has 19 nitrogen and oxygen atoms in total. The van der Waals surface area contributed by atoms with Gasteiger partial charge in [0.25, 0.3) is 0 Å². The summed E-state index contributed by atoms with van der Waals surface area (Å²) in [4.78, 5) is 95.3. The van der Waals surface area contributed by atoms with Gasteiger partial charge in [0.15, 0.2) is 23.0 Å². The number of ether oxygens (including phenoxy) is 7. The van der Waals surface area contributed by atoms with E-state index in [4.69, 9.17) is 50.8 Å². The molecule has 0 bridgehead atoms. The van der Waals surface area contributed by atoms with Crippen molar-refractivity contribution in [3.05, 3.63) is 197 Å². The van der Waals surface area contributed by atoms with E-state index in [-0.39, 0.29) is 97.6 Å². The van der Waals surface area contributed by atoms with Crippen molar-refractivity contribution in [2.24, 2.45) is 0 Å². The van der Waals surface area contributed by atoms with Gasteiger partial charge in [0, 0.05) is 55.7 Å². The molecule has 0 fully saturated rings. The average Bonchev–Trinajstić information content (AvgIpc) is 3.80. The first-order valence-electron chi connectivity index (χ1n) is 24.2. The van der Waals surface area contributed by atoms with E-state index >= 15 is 0 Å². The number of rotatable bonds is 12. The van der Waals surface area contributed by atoms with Gasteiger partial charge in [-0.2, -0.15) is 0 Å². The zero-order chi connectivity index (χ0) is 54.8. The highest BCUT2D eigenvalue weighted by Gasteiger charge is 2.35. The number of nitrogens with zero attached hydrogens (tertiary/aromatic N) is 1. The molecule has 0 unspecified atom stereocenters. The molecule has 1 aliphatic rings. The molecule has 1 aliphatic heterocycles. The summed E-state index contributed by atoms with van der Waals surface area (Å²) in [5.41, 5.74) is -1.34. The molecule has 0 aliphatic carbocycles. The smallest absolute Gasteiger partial charge is 0.361 e. The fourth-order valence-corrected chi connectivity index (χ4v) is 10.0. The molecular formula is C60H39NO18. The summed E-state index contributed by atoms with van der Waals surface area (Å²) in [5.74, 6) is -2.81. The molecule has 19 heteroatoms. The first-order chi connectivity index (χ1) is 38.3. The van der Waals surface area contributed by atoms with Crippen LogP contribution < -0.4 is 50.9 Å². The number of carbonyl (C=O) groups excluding carboxylic acids is 3. The third-order valence-corrected chi connectivity index (χ3v) is 13.7. The first kappa shape index (κ1) is 49.2. The summed E-state index contributed by atoms with van der Waals surface area (Å²) in [6, 6.07) is 33.6. The average molecular weight is 1060 g/mol. The number of aromatic nitrogens is 1. The molecule has 6 heterocycles. The second kappa shape index (κ2) is 19.5. The van der Waals surface area contributed by atoms with Crippen molar-refractivity contribution in [2.45, 2.75) is 19.6 Å². The van der Waals surface area contributed by atoms with E-state index in [1.165, 1.54) is 58.8 Å². The highest BCUT2D eigenvalue weighted by molar-refractivity contribution is 6.17. The Morgan fingerprint density at radius 1 is 0.506 bits per heavy atom. The monoisotopic (exact) mass is 1060 g/mol. The lowest BCUT2D eigenvalue weighted by atomic mass is 9.90. The minimum Gasteiger partial charge on any atom is -0.496 e. The highest BCUT2D eigenvalue weighted by atomic mass is 16.6. The van der Waals surface area contributed by atoms with Gasteiger partial charge in [0.05, 0.1) is 34.1 Å². The van der Waals surface area contributed by atoms with Crippen LogP contribution in [0.3, 0.4) is 0 Å². The molecule has 392 valence electrons. The highest BCUT2D eigenvalue weighted by Crippen LogP contribution is 2.53. The molecule has 0 spiro atoms. The first-order valence-corrected chi connectivity index (χ1v) is 24.2. The van der Waals surface area contributed by atoms with E-state index in [2.05, 4.69) is 0 Å². The maximum absolute atomic E-state index is 14.7. The number of methoxy groups -OCH3 is 4. The molecule has 0 saturated heterocycles. The predicted octanol–water partition coefficient (Wildman–Crippen LogP) is 9.79. The second-order valence-corrected chi connectivity index (χ2v) is 18.0. The minimum absolute atomic E-state index is 0.0311. The summed E-state index contributed by atoms with van der Waals surface area (Å²) < 4.78 is 65.1. The van der Waals surface area contributed by atoms with Crippen LogP contribution in [-0.4, -0.2) is 50.9 Å². The van der Waals surface area contributed by atoms with Crippen molar-refractivity contribution < 1.29 is 65.2 Å². The van der Waals surface area contributed by atoms with Crippen LogP contribution in [-0.2, 0) is 24.3 Å². The van der Waals surface area contributed by atoms with Crippen LogP contribution in [0.15, 0.2) is 164 Å².